The van der Waals surface area contributed by atoms with Crippen LogP contribution in [0.5, 0.6) is 5.75 Å². The summed E-state index contributed by atoms with van der Waals surface area (Å²) in [5.41, 5.74) is 5.07. The molecular weight excluding hydrogens is 657 g/mol. The van der Waals surface area contributed by atoms with Gasteiger partial charge in [0.1, 0.15) is 5.75 Å². The highest BCUT2D eigenvalue weighted by Crippen LogP contribution is 2.34. The Morgan fingerprint density at radius 2 is 1.18 bits per heavy atom. The SMILES string of the molecule is C.C.CC(=O)Oc1cccc(-c2nc(N3CCOCC3)c3sccc3n2)c1.Cc1cccc(-c2nc(N3CCOCC3)c3sccc3n2)c1. The van der Waals surface area contributed by atoms with Gasteiger partial charge in [-0.3, -0.25) is 4.79 Å². The summed E-state index contributed by atoms with van der Waals surface area (Å²) >= 11 is 3.35. The molecule has 2 aliphatic rings. The third-order valence-corrected chi connectivity index (χ3v) is 9.62. The highest BCUT2D eigenvalue weighted by atomic mass is 32.1. The van der Waals surface area contributed by atoms with Gasteiger partial charge in [-0.2, -0.15) is 0 Å². The largest absolute Gasteiger partial charge is 0.427 e. The van der Waals surface area contributed by atoms with E-state index < -0.39 is 0 Å². The molecule has 2 fully saturated rings. The summed E-state index contributed by atoms with van der Waals surface area (Å²) in [6, 6.07) is 19.7. The number of benzene rings is 2. The second-order valence-corrected chi connectivity index (χ2v) is 13.0. The van der Waals surface area contributed by atoms with Gasteiger partial charge in [-0.15, -0.1) is 22.7 Å². The molecule has 6 heterocycles. The van der Waals surface area contributed by atoms with Crippen LogP contribution in [0, 0.1) is 6.92 Å². The molecule has 0 N–H and O–H groups in total. The van der Waals surface area contributed by atoms with Crippen LogP contribution in [0.25, 0.3) is 43.2 Å². The number of carbonyl (C=O) groups excluding carboxylic acids is 1. The van der Waals surface area contributed by atoms with Crippen molar-refractivity contribution in [1.29, 1.82) is 0 Å². The lowest BCUT2D eigenvalue weighted by atomic mass is 10.1. The number of anilines is 2. The first-order chi connectivity index (χ1) is 23.0. The number of carbonyl (C=O) groups is 1. The van der Waals surface area contributed by atoms with Gasteiger partial charge in [-0.25, -0.2) is 19.9 Å². The van der Waals surface area contributed by atoms with Crippen LogP contribution in [0.4, 0.5) is 11.6 Å². The van der Waals surface area contributed by atoms with Gasteiger partial charge in [0.2, 0.25) is 0 Å². The number of hydrogen-bond acceptors (Lipinski definition) is 12. The summed E-state index contributed by atoms with van der Waals surface area (Å²) in [5.74, 6) is 3.56. The van der Waals surface area contributed by atoms with Crippen molar-refractivity contribution in [2.45, 2.75) is 28.7 Å². The average molecular weight is 699 g/mol. The van der Waals surface area contributed by atoms with Crippen molar-refractivity contribution in [2.75, 3.05) is 62.4 Å². The number of thiophene rings is 2. The fourth-order valence-corrected chi connectivity index (χ4v) is 7.28. The van der Waals surface area contributed by atoms with Crippen LogP contribution in [0.3, 0.4) is 0 Å². The van der Waals surface area contributed by atoms with Crippen LogP contribution in [-0.2, 0) is 14.3 Å². The monoisotopic (exact) mass is 698 g/mol. The second kappa shape index (κ2) is 16.3. The molecule has 2 aromatic carbocycles. The Kier molecular flexibility index (Phi) is 11.9. The first-order valence-corrected chi connectivity index (χ1v) is 17.3. The molecule has 2 saturated heterocycles. The lowest BCUT2D eigenvalue weighted by Crippen LogP contribution is -2.36. The molecule has 4 aromatic heterocycles. The lowest BCUT2D eigenvalue weighted by Gasteiger charge is -2.28. The van der Waals surface area contributed by atoms with Crippen molar-refractivity contribution in [1.82, 2.24) is 19.9 Å². The Hall–Kier alpha value is -4.49. The van der Waals surface area contributed by atoms with E-state index in [-0.39, 0.29) is 20.8 Å². The van der Waals surface area contributed by atoms with Crippen LogP contribution in [0.1, 0.15) is 27.3 Å². The smallest absolute Gasteiger partial charge is 0.308 e. The predicted octanol–water partition coefficient (Wildman–Crippen LogP) is 7.90. The van der Waals surface area contributed by atoms with Crippen molar-refractivity contribution in [3.63, 3.8) is 0 Å². The zero-order valence-corrected chi connectivity index (χ0v) is 27.9. The number of morpholine rings is 2. The number of nitrogens with zero attached hydrogens (tertiary/aromatic N) is 6. The minimum Gasteiger partial charge on any atom is -0.427 e. The molecule has 0 aliphatic carbocycles. The molecule has 10 nitrogen and oxygen atoms in total. The number of aromatic nitrogens is 4. The first-order valence-electron chi connectivity index (χ1n) is 15.5. The number of esters is 1. The molecule has 12 heteroatoms. The molecule has 0 bridgehead atoms. The van der Waals surface area contributed by atoms with Gasteiger partial charge >= 0.3 is 5.97 Å². The van der Waals surface area contributed by atoms with E-state index in [1.807, 2.05) is 23.6 Å². The summed E-state index contributed by atoms with van der Waals surface area (Å²) in [6.45, 7) is 9.81. The molecule has 6 aromatic rings. The molecule has 0 saturated carbocycles. The quantitative estimate of drug-likeness (QED) is 0.130. The molecule has 0 amide bonds. The van der Waals surface area contributed by atoms with Crippen LogP contribution < -0.4 is 14.5 Å². The van der Waals surface area contributed by atoms with Gasteiger partial charge in [-0.05, 0) is 48.0 Å². The van der Waals surface area contributed by atoms with E-state index in [2.05, 4.69) is 57.4 Å². The summed E-state index contributed by atoms with van der Waals surface area (Å²) in [6.07, 6.45) is 0. The van der Waals surface area contributed by atoms with Crippen molar-refractivity contribution in [2.24, 2.45) is 0 Å². The Morgan fingerprint density at radius 3 is 1.67 bits per heavy atom. The molecule has 0 atom stereocenters. The highest BCUT2D eigenvalue weighted by molar-refractivity contribution is 7.18. The van der Waals surface area contributed by atoms with E-state index in [1.165, 1.54) is 17.2 Å². The number of hydrogen-bond donors (Lipinski definition) is 0. The molecule has 8 rings (SSSR count). The van der Waals surface area contributed by atoms with E-state index in [9.17, 15) is 4.79 Å². The highest BCUT2D eigenvalue weighted by Gasteiger charge is 2.20. The molecular formula is C37H42N6O4S2. The zero-order valence-electron chi connectivity index (χ0n) is 26.2. The van der Waals surface area contributed by atoms with E-state index in [0.717, 1.165) is 83.7 Å². The molecule has 0 unspecified atom stereocenters. The number of rotatable bonds is 5. The number of aryl methyl sites for hydroxylation is 1. The maximum atomic E-state index is 11.2. The van der Waals surface area contributed by atoms with E-state index in [4.69, 9.17) is 29.2 Å². The topological polar surface area (TPSA) is 103 Å². The Labute approximate surface area is 295 Å². The minimum atomic E-state index is -0.347. The van der Waals surface area contributed by atoms with Crippen LogP contribution in [-0.4, -0.2) is 78.5 Å². The Morgan fingerprint density at radius 1 is 0.694 bits per heavy atom. The van der Waals surface area contributed by atoms with Crippen molar-refractivity contribution in [3.05, 3.63) is 77.0 Å². The lowest BCUT2D eigenvalue weighted by molar-refractivity contribution is -0.131. The maximum absolute atomic E-state index is 11.2. The fourth-order valence-electron chi connectivity index (χ4n) is 5.58. The van der Waals surface area contributed by atoms with Gasteiger partial charge in [-0.1, -0.05) is 50.7 Å². The van der Waals surface area contributed by atoms with Gasteiger partial charge < -0.3 is 24.0 Å². The second-order valence-electron chi connectivity index (χ2n) is 11.2. The molecule has 2 aliphatic heterocycles. The van der Waals surface area contributed by atoms with Crippen molar-refractivity contribution < 1.29 is 19.0 Å². The van der Waals surface area contributed by atoms with Crippen molar-refractivity contribution in [3.8, 4) is 28.5 Å². The minimum absolute atomic E-state index is 0. The standard InChI is InChI=1S/C18H17N3O3S.C17H17N3OS.2CH4/c1-12(22)24-14-4-2-3-13(11-14)17-19-15-5-10-25-16(15)18(20-17)21-6-8-23-9-7-21;1-12-3-2-4-13(11-12)16-18-14-5-10-22-15(14)17(19-16)20-6-8-21-9-7-20;;/h2-5,10-11H,6-9H2,1H3;2-5,10-11H,6-9H2,1H3;2*1H4. The summed E-state index contributed by atoms with van der Waals surface area (Å²) in [5, 5.41) is 4.12. The molecule has 49 heavy (non-hydrogen) atoms. The first kappa shape index (κ1) is 35.8. The number of ether oxygens (including phenoxy) is 3. The van der Waals surface area contributed by atoms with Gasteiger partial charge in [0.25, 0.3) is 0 Å². The maximum Gasteiger partial charge on any atom is 0.308 e. The summed E-state index contributed by atoms with van der Waals surface area (Å²) < 4.78 is 18.3. The Balaban J connectivity index is 0.000000185. The average Bonchev–Trinajstić information content (AvgIpc) is 3.78. The molecule has 0 spiro atoms. The van der Waals surface area contributed by atoms with E-state index >= 15 is 0 Å². The van der Waals surface area contributed by atoms with Gasteiger partial charge in [0.15, 0.2) is 23.3 Å². The summed E-state index contributed by atoms with van der Waals surface area (Å²) in [4.78, 5) is 34.9. The predicted molar refractivity (Wildman–Crippen MR) is 201 cm³/mol. The normalized spacial score (nSPS) is 14.4. The van der Waals surface area contributed by atoms with Crippen molar-refractivity contribution >= 4 is 60.7 Å². The third kappa shape index (κ3) is 8.22. The third-order valence-electron chi connectivity index (χ3n) is 7.82. The number of fused-ring (bicyclic) bond motifs is 2. The Bertz CT molecular complexity index is 2020. The molecule has 0 radical (unpaired) electrons. The van der Waals surface area contributed by atoms with Gasteiger partial charge in [0, 0.05) is 44.2 Å². The fraction of sp³-hybridized carbons (Fsp3) is 0.324. The van der Waals surface area contributed by atoms with Crippen LogP contribution >= 0.6 is 22.7 Å². The van der Waals surface area contributed by atoms with Gasteiger partial charge in [0.05, 0.1) is 46.9 Å². The molecule has 256 valence electrons. The van der Waals surface area contributed by atoms with Crippen LogP contribution in [0.15, 0.2) is 71.4 Å². The van der Waals surface area contributed by atoms with E-state index in [1.54, 1.807) is 34.8 Å². The summed E-state index contributed by atoms with van der Waals surface area (Å²) in [7, 11) is 0. The van der Waals surface area contributed by atoms with Crippen LogP contribution in [0.2, 0.25) is 0 Å². The van der Waals surface area contributed by atoms with E-state index in [0.29, 0.717) is 24.8 Å². The zero-order chi connectivity index (χ0) is 32.2.